The van der Waals surface area contributed by atoms with Gasteiger partial charge in [0.15, 0.2) is 0 Å². The Morgan fingerprint density at radius 1 is 1.36 bits per heavy atom. The summed E-state index contributed by atoms with van der Waals surface area (Å²) < 4.78 is 5.44. The Balaban J connectivity index is 2.66. The van der Waals surface area contributed by atoms with Gasteiger partial charge in [-0.25, -0.2) is 0 Å². The first-order chi connectivity index (χ1) is 5.40. The smallest absolute Gasteiger partial charge is 0.130 e. The van der Waals surface area contributed by atoms with Crippen LogP contribution in [0.3, 0.4) is 0 Å². The van der Waals surface area contributed by atoms with E-state index in [9.17, 15) is 0 Å². The molecule has 0 saturated carbocycles. The van der Waals surface area contributed by atoms with Gasteiger partial charge < -0.3 is 10.2 Å². The zero-order valence-electron chi connectivity index (χ0n) is 6.34. The van der Waals surface area contributed by atoms with E-state index < -0.39 is 0 Å². The van der Waals surface area contributed by atoms with Gasteiger partial charge in [0.05, 0.1) is 6.54 Å². The molecule has 0 amide bonds. The first-order valence-corrected chi connectivity index (χ1v) is 3.89. The molecule has 0 fully saturated rings. The molecular weight excluding hydrogens is 138 g/mol. The van der Waals surface area contributed by atoms with Crippen molar-refractivity contribution in [2.75, 3.05) is 0 Å². The molecule has 1 aliphatic carbocycles. The first-order valence-electron chi connectivity index (χ1n) is 3.89. The molecule has 0 radical (unpaired) electrons. The zero-order valence-corrected chi connectivity index (χ0v) is 6.34. The first kappa shape index (κ1) is 6.68. The molecule has 58 valence electrons. The standard InChI is InChI=1S/C9H11NO/c10-6-8-5-7-3-1-2-4-9(7)11-8/h3-5H,1-2,6,10H2. The minimum atomic E-state index is 0.495. The summed E-state index contributed by atoms with van der Waals surface area (Å²) in [5, 5.41) is 1.21. The molecule has 1 aromatic heterocycles. The van der Waals surface area contributed by atoms with Crippen LogP contribution >= 0.6 is 0 Å². The van der Waals surface area contributed by atoms with Gasteiger partial charge >= 0.3 is 0 Å². The van der Waals surface area contributed by atoms with Gasteiger partial charge in [0, 0.05) is 5.22 Å². The minimum absolute atomic E-state index is 0.495. The van der Waals surface area contributed by atoms with Gasteiger partial charge in [-0.2, -0.15) is 0 Å². The molecule has 1 aromatic rings. The average molecular weight is 149 g/mol. The molecule has 0 aliphatic heterocycles. The predicted octanol–water partition coefficient (Wildman–Crippen LogP) is 0.0931. The molecule has 0 saturated heterocycles. The lowest BCUT2D eigenvalue weighted by Gasteiger charge is -1.90. The maximum atomic E-state index is 5.44. The molecule has 2 nitrogen and oxygen atoms in total. The molecule has 2 rings (SSSR count). The van der Waals surface area contributed by atoms with E-state index in [1.54, 1.807) is 0 Å². The van der Waals surface area contributed by atoms with Crippen LogP contribution in [0, 0.1) is 0 Å². The molecule has 0 aromatic carbocycles. The van der Waals surface area contributed by atoms with Crippen LogP contribution in [-0.4, -0.2) is 0 Å². The number of hydrogen-bond acceptors (Lipinski definition) is 2. The second kappa shape index (κ2) is 2.55. The summed E-state index contributed by atoms with van der Waals surface area (Å²) in [6.45, 7) is 0.495. The number of nitrogens with two attached hydrogens (primary N) is 1. The Hall–Kier alpha value is -1.02. The number of fused-ring (bicyclic) bond motifs is 1. The van der Waals surface area contributed by atoms with Crippen molar-refractivity contribution in [1.82, 2.24) is 0 Å². The normalized spacial score (nSPS) is 15.0. The minimum Gasteiger partial charge on any atom is -0.460 e. The van der Waals surface area contributed by atoms with Crippen molar-refractivity contribution < 1.29 is 4.42 Å². The third-order valence-corrected chi connectivity index (χ3v) is 1.90. The highest BCUT2D eigenvalue weighted by atomic mass is 16.3. The van der Waals surface area contributed by atoms with E-state index in [-0.39, 0.29) is 0 Å². The summed E-state index contributed by atoms with van der Waals surface area (Å²) in [5.74, 6) is 0.879. The van der Waals surface area contributed by atoms with Crippen LogP contribution in [0.4, 0.5) is 0 Å². The molecular formula is C9H11NO. The molecule has 0 atom stereocenters. The number of hydrogen-bond donors (Lipinski definition) is 1. The molecule has 2 heteroatoms. The van der Waals surface area contributed by atoms with Crippen LogP contribution in [-0.2, 0) is 6.54 Å². The summed E-state index contributed by atoms with van der Waals surface area (Å²) >= 11 is 0. The van der Waals surface area contributed by atoms with Crippen molar-refractivity contribution in [3.63, 3.8) is 0 Å². The second-order valence-electron chi connectivity index (χ2n) is 2.72. The highest BCUT2D eigenvalue weighted by Crippen LogP contribution is 1.97. The maximum Gasteiger partial charge on any atom is 0.130 e. The summed E-state index contributed by atoms with van der Waals surface area (Å²) in [6, 6.07) is 2.02. The Morgan fingerprint density at radius 3 is 2.91 bits per heavy atom. The topological polar surface area (TPSA) is 39.2 Å². The van der Waals surface area contributed by atoms with Gasteiger partial charge in [0.25, 0.3) is 0 Å². The van der Waals surface area contributed by atoms with Gasteiger partial charge in [-0.3, -0.25) is 0 Å². The third kappa shape index (κ3) is 1.10. The summed E-state index contributed by atoms with van der Waals surface area (Å²) in [4.78, 5) is 0. The third-order valence-electron chi connectivity index (χ3n) is 1.90. The van der Waals surface area contributed by atoms with Crippen molar-refractivity contribution in [3.05, 3.63) is 22.5 Å². The van der Waals surface area contributed by atoms with Gasteiger partial charge in [-0.05, 0) is 25.0 Å². The van der Waals surface area contributed by atoms with Crippen molar-refractivity contribution >= 4 is 12.2 Å². The van der Waals surface area contributed by atoms with Crippen LogP contribution in [0.2, 0.25) is 0 Å². The van der Waals surface area contributed by atoms with E-state index in [2.05, 4.69) is 12.2 Å². The number of furan rings is 1. The summed E-state index contributed by atoms with van der Waals surface area (Å²) in [7, 11) is 0. The van der Waals surface area contributed by atoms with Gasteiger partial charge in [0.2, 0.25) is 0 Å². The number of rotatable bonds is 1. The lowest BCUT2D eigenvalue weighted by atomic mass is 10.2. The lowest BCUT2D eigenvalue weighted by molar-refractivity contribution is 0.480. The fourth-order valence-electron chi connectivity index (χ4n) is 1.35. The Kier molecular flexibility index (Phi) is 1.55. The second-order valence-corrected chi connectivity index (χ2v) is 2.72. The highest BCUT2D eigenvalue weighted by Gasteiger charge is 1.99. The van der Waals surface area contributed by atoms with Crippen LogP contribution in [0.1, 0.15) is 18.6 Å². The monoisotopic (exact) mass is 149 g/mol. The van der Waals surface area contributed by atoms with Crippen LogP contribution < -0.4 is 16.4 Å². The Morgan fingerprint density at radius 2 is 2.18 bits per heavy atom. The average Bonchev–Trinajstić information content (AvgIpc) is 2.46. The fraction of sp³-hybridized carbons (Fsp3) is 0.333. The van der Waals surface area contributed by atoms with Crippen LogP contribution in [0.5, 0.6) is 0 Å². The lowest BCUT2D eigenvalue weighted by Crippen LogP contribution is -2.21. The van der Waals surface area contributed by atoms with E-state index in [0.29, 0.717) is 6.54 Å². The van der Waals surface area contributed by atoms with Crippen molar-refractivity contribution in [2.45, 2.75) is 19.4 Å². The SMILES string of the molecule is NCc1cc2c(o1)=CCCC=2. The molecule has 1 aliphatic rings. The van der Waals surface area contributed by atoms with E-state index >= 15 is 0 Å². The maximum absolute atomic E-state index is 5.44. The predicted molar refractivity (Wildman–Crippen MR) is 44.0 cm³/mol. The van der Waals surface area contributed by atoms with E-state index in [1.165, 1.54) is 5.22 Å². The van der Waals surface area contributed by atoms with E-state index in [1.807, 2.05) is 6.07 Å². The van der Waals surface area contributed by atoms with E-state index in [0.717, 1.165) is 24.0 Å². The molecule has 0 bridgehead atoms. The Bertz CT molecular complexity index is 328. The largest absolute Gasteiger partial charge is 0.460 e. The van der Waals surface area contributed by atoms with Crippen LogP contribution in [0.15, 0.2) is 10.5 Å². The van der Waals surface area contributed by atoms with Crippen LogP contribution in [0.25, 0.3) is 12.2 Å². The zero-order chi connectivity index (χ0) is 7.68. The molecule has 0 unspecified atom stereocenters. The van der Waals surface area contributed by atoms with Crippen molar-refractivity contribution in [3.8, 4) is 0 Å². The molecule has 11 heavy (non-hydrogen) atoms. The van der Waals surface area contributed by atoms with Crippen molar-refractivity contribution in [1.29, 1.82) is 0 Å². The van der Waals surface area contributed by atoms with Gasteiger partial charge in [-0.15, -0.1) is 0 Å². The summed E-state index contributed by atoms with van der Waals surface area (Å²) in [6.07, 6.45) is 6.52. The van der Waals surface area contributed by atoms with Gasteiger partial charge in [0.1, 0.15) is 11.2 Å². The fourth-order valence-corrected chi connectivity index (χ4v) is 1.35. The van der Waals surface area contributed by atoms with E-state index in [4.69, 9.17) is 10.2 Å². The quantitative estimate of drug-likeness (QED) is 0.614. The van der Waals surface area contributed by atoms with Gasteiger partial charge in [-0.1, -0.05) is 6.08 Å². The molecule has 2 N–H and O–H groups in total. The molecule has 0 spiro atoms. The summed E-state index contributed by atoms with van der Waals surface area (Å²) in [5.41, 5.74) is 6.44. The van der Waals surface area contributed by atoms with Crippen molar-refractivity contribution in [2.24, 2.45) is 5.73 Å². The highest BCUT2D eigenvalue weighted by molar-refractivity contribution is 5.35. The Labute approximate surface area is 65.0 Å². The molecule has 1 heterocycles.